The van der Waals surface area contributed by atoms with Gasteiger partial charge in [-0.25, -0.2) is 0 Å². The number of likely N-dealkylation sites (N-methyl/N-ethyl adjacent to an activating group) is 1. The van der Waals surface area contributed by atoms with Crippen LogP contribution in [-0.2, 0) is 4.79 Å². The lowest BCUT2D eigenvalue weighted by Crippen LogP contribution is -2.47. The number of nitrogens with zero attached hydrogens (tertiary/aromatic N) is 1. The zero-order valence-electron chi connectivity index (χ0n) is 9.74. The molecule has 0 unspecified atom stereocenters. The Hall–Kier alpha value is -1.51. The first-order valence-electron chi connectivity index (χ1n) is 4.98. The predicted molar refractivity (Wildman–Crippen MR) is 62.8 cm³/mol. The fraction of sp³-hybridized carbons (Fsp3) is 0.417. The zero-order valence-corrected chi connectivity index (χ0v) is 9.74. The average Bonchev–Trinajstić information content (AvgIpc) is 2.17. The van der Waals surface area contributed by atoms with E-state index >= 15 is 0 Å². The molecule has 0 saturated carbocycles. The minimum atomic E-state index is -0.579. The molecule has 15 heavy (non-hydrogen) atoms. The van der Waals surface area contributed by atoms with Gasteiger partial charge in [-0.2, -0.15) is 0 Å². The quantitative estimate of drug-likeness (QED) is 0.820. The number of carbonyl (C=O) groups is 1. The first-order valence-corrected chi connectivity index (χ1v) is 4.98. The van der Waals surface area contributed by atoms with E-state index in [-0.39, 0.29) is 5.91 Å². The maximum absolute atomic E-state index is 11.8. The molecular formula is C12H18N2O. The minimum Gasteiger partial charge on any atom is -0.372 e. The highest BCUT2D eigenvalue weighted by Gasteiger charge is 2.28. The molecule has 0 aliphatic carbocycles. The van der Waals surface area contributed by atoms with Gasteiger partial charge in [0.05, 0.1) is 0 Å². The van der Waals surface area contributed by atoms with Crippen LogP contribution in [0.25, 0.3) is 0 Å². The van der Waals surface area contributed by atoms with Crippen molar-refractivity contribution < 1.29 is 4.79 Å². The second kappa shape index (κ2) is 4.34. The smallest absolute Gasteiger partial charge is 0.247 e. The minimum absolute atomic E-state index is 0.0614. The van der Waals surface area contributed by atoms with E-state index in [9.17, 15) is 4.79 Å². The SMILES string of the molecule is CN(C)C(=O)C(C)(C)Nc1ccccc1. The fourth-order valence-corrected chi connectivity index (χ4v) is 1.49. The fourth-order valence-electron chi connectivity index (χ4n) is 1.49. The van der Waals surface area contributed by atoms with Crippen molar-refractivity contribution in [3.05, 3.63) is 30.3 Å². The predicted octanol–water partition coefficient (Wildman–Crippen LogP) is 1.97. The normalized spacial score (nSPS) is 10.9. The lowest BCUT2D eigenvalue weighted by atomic mass is 10.0. The Morgan fingerprint density at radius 3 is 2.20 bits per heavy atom. The topological polar surface area (TPSA) is 32.3 Å². The first-order chi connectivity index (χ1) is 6.93. The molecule has 0 fully saturated rings. The number of anilines is 1. The van der Waals surface area contributed by atoms with E-state index in [4.69, 9.17) is 0 Å². The van der Waals surface area contributed by atoms with Gasteiger partial charge in [-0.3, -0.25) is 4.79 Å². The van der Waals surface area contributed by atoms with Crippen molar-refractivity contribution in [3.8, 4) is 0 Å². The summed E-state index contributed by atoms with van der Waals surface area (Å²) in [5, 5.41) is 3.21. The number of hydrogen-bond donors (Lipinski definition) is 1. The molecule has 3 heteroatoms. The lowest BCUT2D eigenvalue weighted by molar-refractivity contribution is -0.132. The lowest BCUT2D eigenvalue weighted by Gasteiger charge is -2.29. The highest BCUT2D eigenvalue weighted by atomic mass is 16.2. The molecular weight excluding hydrogens is 188 g/mol. The highest BCUT2D eigenvalue weighted by molar-refractivity contribution is 5.88. The van der Waals surface area contributed by atoms with Crippen LogP contribution in [0.2, 0.25) is 0 Å². The van der Waals surface area contributed by atoms with E-state index in [0.717, 1.165) is 5.69 Å². The molecule has 0 atom stereocenters. The first kappa shape index (κ1) is 11.6. The van der Waals surface area contributed by atoms with E-state index < -0.39 is 5.54 Å². The van der Waals surface area contributed by atoms with Gasteiger partial charge >= 0.3 is 0 Å². The second-order valence-electron chi connectivity index (χ2n) is 4.32. The molecule has 0 spiro atoms. The van der Waals surface area contributed by atoms with Crippen LogP contribution in [0, 0.1) is 0 Å². The van der Waals surface area contributed by atoms with Gasteiger partial charge in [-0.15, -0.1) is 0 Å². The third-order valence-electron chi connectivity index (χ3n) is 2.17. The number of amides is 1. The molecule has 0 aliphatic rings. The Bertz CT molecular complexity index is 331. The summed E-state index contributed by atoms with van der Waals surface area (Å²) in [7, 11) is 3.52. The van der Waals surface area contributed by atoms with Gasteiger partial charge in [-0.05, 0) is 26.0 Å². The number of nitrogens with one attached hydrogen (secondary N) is 1. The Balaban J connectivity index is 2.77. The van der Waals surface area contributed by atoms with Gasteiger partial charge < -0.3 is 10.2 Å². The molecule has 1 aromatic rings. The van der Waals surface area contributed by atoms with E-state index in [1.165, 1.54) is 0 Å². The van der Waals surface area contributed by atoms with Crippen LogP contribution in [0.3, 0.4) is 0 Å². The number of rotatable bonds is 3. The van der Waals surface area contributed by atoms with Crippen LogP contribution in [0.15, 0.2) is 30.3 Å². The van der Waals surface area contributed by atoms with E-state index in [2.05, 4.69) is 5.32 Å². The van der Waals surface area contributed by atoms with Gasteiger partial charge in [0.1, 0.15) is 5.54 Å². The van der Waals surface area contributed by atoms with Crippen molar-refractivity contribution in [2.75, 3.05) is 19.4 Å². The van der Waals surface area contributed by atoms with Crippen LogP contribution in [0.4, 0.5) is 5.69 Å². The zero-order chi connectivity index (χ0) is 11.5. The van der Waals surface area contributed by atoms with Crippen LogP contribution in [0.5, 0.6) is 0 Å². The van der Waals surface area contributed by atoms with Crippen molar-refractivity contribution in [1.82, 2.24) is 4.90 Å². The van der Waals surface area contributed by atoms with Crippen molar-refractivity contribution in [2.45, 2.75) is 19.4 Å². The molecule has 0 saturated heterocycles. The molecule has 0 bridgehead atoms. The summed E-state index contributed by atoms with van der Waals surface area (Å²) in [6.45, 7) is 3.75. The van der Waals surface area contributed by atoms with E-state index in [1.54, 1.807) is 19.0 Å². The summed E-state index contributed by atoms with van der Waals surface area (Å²) in [5.41, 5.74) is 0.378. The molecule has 0 aromatic heterocycles. The molecule has 0 aliphatic heterocycles. The van der Waals surface area contributed by atoms with Gasteiger partial charge in [0.15, 0.2) is 0 Å². The van der Waals surface area contributed by atoms with Gasteiger partial charge in [0.2, 0.25) is 5.91 Å². The summed E-state index contributed by atoms with van der Waals surface area (Å²) in [5.74, 6) is 0.0614. The summed E-state index contributed by atoms with van der Waals surface area (Å²) < 4.78 is 0. The number of benzene rings is 1. The monoisotopic (exact) mass is 206 g/mol. The summed E-state index contributed by atoms with van der Waals surface area (Å²) in [6, 6.07) is 9.73. The van der Waals surface area contributed by atoms with Gasteiger partial charge in [0.25, 0.3) is 0 Å². The van der Waals surface area contributed by atoms with Crippen molar-refractivity contribution in [2.24, 2.45) is 0 Å². The van der Waals surface area contributed by atoms with Crippen molar-refractivity contribution in [3.63, 3.8) is 0 Å². The Labute approximate surface area is 91.1 Å². The molecule has 0 heterocycles. The summed E-state index contributed by atoms with van der Waals surface area (Å²) in [4.78, 5) is 13.4. The largest absolute Gasteiger partial charge is 0.372 e. The van der Waals surface area contributed by atoms with Crippen LogP contribution in [0.1, 0.15) is 13.8 Å². The maximum Gasteiger partial charge on any atom is 0.247 e. The van der Waals surface area contributed by atoms with Crippen molar-refractivity contribution >= 4 is 11.6 Å². The number of carbonyl (C=O) groups excluding carboxylic acids is 1. The van der Waals surface area contributed by atoms with E-state index in [1.807, 2.05) is 44.2 Å². The Morgan fingerprint density at radius 2 is 1.73 bits per heavy atom. The maximum atomic E-state index is 11.8. The Morgan fingerprint density at radius 1 is 1.20 bits per heavy atom. The molecule has 1 aromatic carbocycles. The third kappa shape index (κ3) is 2.98. The molecule has 3 nitrogen and oxygen atoms in total. The van der Waals surface area contributed by atoms with E-state index in [0.29, 0.717) is 0 Å². The number of hydrogen-bond acceptors (Lipinski definition) is 2. The average molecular weight is 206 g/mol. The molecule has 1 N–H and O–H groups in total. The second-order valence-corrected chi connectivity index (χ2v) is 4.32. The van der Waals surface area contributed by atoms with Crippen LogP contribution < -0.4 is 5.32 Å². The van der Waals surface area contributed by atoms with Crippen LogP contribution in [-0.4, -0.2) is 30.4 Å². The molecule has 1 rings (SSSR count). The molecule has 82 valence electrons. The van der Waals surface area contributed by atoms with Crippen LogP contribution >= 0.6 is 0 Å². The molecule has 1 amide bonds. The Kier molecular flexibility index (Phi) is 3.35. The van der Waals surface area contributed by atoms with Gasteiger partial charge in [-0.1, -0.05) is 18.2 Å². The van der Waals surface area contributed by atoms with Crippen molar-refractivity contribution in [1.29, 1.82) is 0 Å². The standard InChI is InChI=1S/C12H18N2O/c1-12(2,11(15)14(3)4)13-10-8-6-5-7-9-10/h5-9,13H,1-4H3. The highest BCUT2D eigenvalue weighted by Crippen LogP contribution is 2.15. The van der Waals surface area contributed by atoms with Gasteiger partial charge in [0, 0.05) is 19.8 Å². The summed E-state index contributed by atoms with van der Waals surface area (Å²) >= 11 is 0. The number of para-hydroxylation sites is 1. The summed E-state index contributed by atoms with van der Waals surface area (Å²) in [6.07, 6.45) is 0. The molecule has 0 radical (unpaired) electrons. The third-order valence-corrected chi connectivity index (χ3v) is 2.17.